The summed E-state index contributed by atoms with van der Waals surface area (Å²) in [6, 6.07) is 6.74. The van der Waals surface area contributed by atoms with Crippen LogP contribution in [0.4, 0.5) is 0 Å². The lowest BCUT2D eigenvalue weighted by Gasteiger charge is -2.37. The molecule has 4 atom stereocenters. The summed E-state index contributed by atoms with van der Waals surface area (Å²) in [4.78, 5) is 0. The van der Waals surface area contributed by atoms with Gasteiger partial charge in [0.15, 0.2) is 0 Å². The predicted molar refractivity (Wildman–Crippen MR) is 86.6 cm³/mol. The fraction of sp³-hybridized carbons (Fsp3) is 0.625. The molecule has 0 bridgehead atoms. The lowest BCUT2D eigenvalue weighted by Crippen LogP contribution is -2.31. The summed E-state index contributed by atoms with van der Waals surface area (Å²) >= 11 is 9.69. The molecule has 0 aliphatic heterocycles. The zero-order valence-electron chi connectivity index (χ0n) is 11.9. The third kappa shape index (κ3) is 3.53. The van der Waals surface area contributed by atoms with E-state index >= 15 is 0 Å². The Hall–Kier alpha value is -0.0500. The zero-order valence-corrected chi connectivity index (χ0v) is 14.3. The van der Waals surface area contributed by atoms with Gasteiger partial charge in [-0.05, 0) is 71.3 Å². The van der Waals surface area contributed by atoms with Gasteiger partial charge in [-0.2, -0.15) is 0 Å². The molecule has 1 aliphatic carbocycles. The molecule has 3 heteroatoms. The maximum Gasteiger partial charge on any atom is 0.0551 e. The summed E-state index contributed by atoms with van der Waals surface area (Å²) in [6.07, 6.45) is 3.96. The minimum atomic E-state index is 0.417. The molecule has 19 heavy (non-hydrogen) atoms. The van der Waals surface area contributed by atoms with Gasteiger partial charge in [0.05, 0.1) is 5.02 Å². The largest absolute Gasteiger partial charge is 0.313 e. The maximum absolute atomic E-state index is 6.23. The third-order valence-electron chi connectivity index (χ3n) is 4.72. The van der Waals surface area contributed by atoms with Crippen LogP contribution in [0.15, 0.2) is 22.7 Å². The fourth-order valence-electron chi connectivity index (χ4n) is 3.27. The van der Waals surface area contributed by atoms with Gasteiger partial charge in [0.1, 0.15) is 0 Å². The molecular formula is C16H23BrClN. The first-order chi connectivity index (χ1) is 9.02. The molecule has 1 aliphatic rings. The number of rotatable bonds is 3. The first-order valence-corrected chi connectivity index (χ1v) is 8.32. The zero-order chi connectivity index (χ0) is 14.0. The number of hydrogen-bond acceptors (Lipinski definition) is 1. The van der Waals surface area contributed by atoms with Crippen molar-refractivity contribution in [3.63, 3.8) is 0 Å². The van der Waals surface area contributed by atoms with Crippen molar-refractivity contribution >= 4 is 27.5 Å². The van der Waals surface area contributed by atoms with E-state index in [9.17, 15) is 0 Å². The smallest absolute Gasteiger partial charge is 0.0551 e. The molecule has 106 valence electrons. The predicted octanol–water partition coefficient (Wildman–Crippen LogP) is 5.44. The molecule has 0 spiro atoms. The molecule has 4 unspecified atom stereocenters. The Bertz CT molecular complexity index is 435. The quantitative estimate of drug-likeness (QED) is 0.770. The SMILES string of the molecule is CNC(c1ccc(Br)c(Cl)c1)C1CCC(C)C(C)C1. The molecule has 2 rings (SSSR count). The highest BCUT2D eigenvalue weighted by Gasteiger charge is 2.30. The highest BCUT2D eigenvalue weighted by Crippen LogP contribution is 2.40. The number of hydrogen-bond donors (Lipinski definition) is 1. The summed E-state index contributed by atoms with van der Waals surface area (Å²) in [6.45, 7) is 4.77. The fourth-order valence-corrected chi connectivity index (χ4v) is 3.71. The first-order valence-electron chi connectivity index (χ1n) is 7.15. The minimum Gasteiger partial charge on any atom is -0.313 e. The van der Waals surface area contributed by atoms with Crippen LogP contribution in [0.5, 0.6) is 0 Å². The van der Waals surface area contributed by atoms with Crippen molar-refractivity contribution < 1.29 is 0 Å². The highest BCUT2D eigenvalue weighted by molar-refractivity contribution is 9.10. The van der Waals surface area contributed by atoms with Gasteiger partial charge in [0, 0.05) is 10.5 Å². The number of nitrogens with one attached hydrogen (secondary N) is 1. The van der Waals surface area contributed by atoms with Crippen molar-refractivity contribution in [3.05, 3.63) is 33.3 Å². The summed E-state index contributed by atoms with van der Waals surface area (Å²) in [5.74, 6) is 2.40. The molecule has 1 saturated carbocycles. The summed E-state index contributed by atoms with van der Waals surface area (Å²) in [5.41, 5.74) is 1.31. The van der Waals surface area contributed by atoms with Gasteiger partial charge >= 0.3 is 0 Å². The molecule has 1 fully saturated rings. The lowest BCUT2D eigenvalue weighted by molar-refractivity contribution is 0.175. The monoisotopic (exact) mass is 343 g/mol. The van der Waals surface area contributed by atoms with Crippen LogP contribution in [0.3, 0.4) is 0 Å². The van der Waals surface area contributed by atoms with Crippen LogP contribution in [0.2, 0.25) is 5.02 Å². The molecule has 1 aromatic rings. The molecule has 1 aromatic carbocycles. The van der Waals surface area contributed by atoms with E-state index in [1.54, 1.807) is 0 Å². The van der Waals surface area contributed by atoms with Crippen molar-refractivity contribution in [2.75, 3.05) is 7.05 Å². The second-order valence-electron chi connectivity index (χ2n) is 5.97. The Kier molecular flexibility index (Phi) is 5.33. The number of benzene rings is 1. The Balaban J connectivity index is 2.17. The van der Waals surface area contributed by atoms with Gasteiger partial charge in [-0.15, -0.1) is 0 Å². The van der Waals surface area contributed by atoms with Gasteiger partial charge in [-0.1, -0.05) is 37.9 Å². The molecule has 0 heterocycles. The van der Waals surface area contributed by atoms with Crippen molar-refractivity contribution in [1.29, 1.82) is 0 Å². The van der Waals surface area contributed by atoms with Gasteiger partial charge in [0.25, 0.3) is 0 Å². The maximum atomic E-state index is 6.23. The van der Waals surface area contributed by atoms with E-state index < -0.39 is 0 Å². The number of halogens is 2. The lowest BCUT2D eigenvalue weighted by atomic mass is 9.72. The van der Waals surface area contributed by atoms with Crippen molar-refractivity contribution in [1.82, 2.24) is 5.32 Å². The first kappa shape index (κ1) is 15.3. The van der Waals surface area contributed by atoms with Gasteiger partial charge in [-0.25, -0.2) is 0 Å². The van der Waals surface area contributed by atoms with E-state index in [-0.39, 0.29) is 0 Å². The van der Waals surface area contributed by atoms with Crippen LogP contribution in [0, 0.1) is 17.8 Å². The molecule has 1 N–H and O–H groups in total. The Morgan fingerprint density at radius 3 is 2.58 bits per heavy atom. The van der Waals surface area contributed by atoms with Crippen LogP contribution in [0.25, 0.3) is 0 Å². The third-order valence-corrected chi connectivity index (χ3v) is 5.96. The average Bonchev–Trinajstić information content (AvgIpc) is 2.39. The van der Waals surface area contributed by atoms with Gasteiger partial charge in [0.2, 0.25) is 0 Å². The molecular weight excluding hydrogens is 322 g/mol. The van der Waals surface area contributed by atoms with Crippen molar-refractivity contribution in [2.24, 2.45) is 17.8 Å². The van der Waals surface area contributed by atoms with E-state index in [1.807, 2.05) is 0 Å². The van der Waals surface area contributed by atoms with Crippen molar-refractivity contribution in [3.8, 4) is 0 Å². The van der Waals surface area contributed by atoms with Crippen LogP contribution in [0.1, 0.15) is 44.7 Å². The second-order valence-corrected chi connectivity index (χ2v) is 7.23. The van der Waals surface area contributed by atoms with E-state index in [0.29, 0.717) is 12.0 Å². The van der Waals surface area contributed by atoms with E-state index in [4.69, 9.17) is 11.6 Å². The Morgan fingerprint density at radius 2 is 2.00 bits per heavy atom. The normalized spacial score (nSPS) is 29.2. The standard InChI is InChI=1S/C16H23BrClN/c1-10-4-5-12(8-11(10)2)16(19-3)13-6-7-14(17)15(18)9-13/h6-7,9-12,16,19H,4-5,8H2,1-3H3. The molecule has 0 radical (unpaired) electrons. The van der Waals surface area contributed by atoms with Gasteiger partial charge in [-0.3, -0.25) is 0 Å². The Morgan fingerprint density at radius 1 is 1.26 bits per heavy atom. The molecule has 0 aromatic heterocycles. The topological polar surface area (TPSA) is 12.0 Å². The second kappa shape index (κ2) is 6.60. The molecule has 0 saturated heterocycles. The van der Waals surface area contributed by atoms with Crippen LogP contribution >= 0.6 is 27.5 Å². The van der Waals surface area contributed by atoms with E-state index in [1.165, 1.54) is 24.8 Å². The summed E-state index contributed by atoms with van der Waals surface area (Å²) in [7, 11) is 2.06. The molecule has 1 nitrogen and oxygen atoms in total. The van der Waals surface area contributed by atoms with Crippen LogP contribution < -0.4 is 5.32 Å². The molecule has 0 amide bonds. The highest BCUT2D eigenvalue weighted by atomic mass is 79.9. The summed E-state index contributed by atoms with van der Waals surface area (Å²) in [5, 5.41) is 4.30. The average molecular weight is 345 g/mol. The van der Waals surface area contributed by atoms with Crippen LogP contribution in [-0.4, -0.2) is 7.05 Å². The van der Waals surface area contributed by atoms with Crippen LogP contribution in [-0.2, 0) is 0 Å². The Labute approximate surface area is 130 Å². The van der Waals surface area contributed by atoms with Gasteiger partial charge < -0.3 is 5.32 Å². The minimum absolute atomic E-state index is 0.417. The van der Waals surface area contributed by atoms with E-state index in [0.717, 1.165) is 21.3 Å². The van der Waals surface area contributed by atoms with E-state index in [2.05, 4.69) is 60.3 Å². The summed E-state index contributed by atoms with van der Waals surface area (Å²) < 4.78 is 0.971. The van der Waals surface area contributed by atoms with Crippen molar-refractivity contribution in [2.45, 2.75) is 39.2 Å².